The minimum atomic E-state index is -0.819. The molecule has 0 fully saturated rings. The Kier molecular flexibility index (Phi) is 5.17. The fraction of sp³-hybridized carbons (Fsp3) is 0.188. The summed E-state index contributed by atoms with van der Waals surface area (Å²) in [6.45, 7) is 1.96. The number of carbonyl (C=O) groups is 1. The second-order valence-corrected chi connectivity index (χ2v) is 4.80. The number of rotatable bonds is 5. The van der Waals surface area contributed by atoms with Crippen LogP contribution in [0.4, 0.5) is 10.1 Å². The number of nitrogens with one attached hydrogen (secondary N) is 1. The second-order valence-electron chi connectivity index (χ2n) is 4.36. The molecule has 2 aromatic carbocycles. The first-order chi connectivity index (χ1) is 10.1. The van der Waals surface area contributed by atoms with E-state index < -0.39 is 17.8 Å². The van der Waals surface area contributed by atoms with Crippen LogP contribution in [0.25, 0.3) is 0 Å². The third-order valence-corrected chi connectivity index (χ3v) is 3.11. The molecule has 0 aliphatic carbocycles. The van der Waals surface area contributed by atoms with Crippen LogP contribution >= 0.6 is 11.6 Å². The Labute approximate surface area is 127 Å². The summed E-state index contributed by atoms with van der Waals surface area (Å²) in [4.78, 5) is 12.1. The lowest BCUT2D eigenvalue weighted by molar-refractivity contribution is -0.144. The van der Waals surface area contributed by atoms with Gasteiger partial charge in [-0.2, -0.15) is 0 Å². The molecular weight excluding hydrogens is 293 g/mol. The summed E-state index contributed by atoms with van der Waals surface area (Å²) in [6, 6.07) is 12.2. The SMILES string of the molecule is CCOC(=O)C(Nc1ccccc1F)c1cccc(Cl)c1. The summed E-state index contributed by atoms with van der Waals surface area (Å²) in [7, 11) is 0. The highest BCUT2D eigenvalue weighted by Gasteiger charge is 2.23. The zero-order valence-corrected chi connectivity index (χ0v) is 12.2. The molecule has 2 aromatic rings. The molecule has 5 heteroatoms. The second kappa shape index (κ2) is 7.09. The topological polar surface area (TPSA) is 38.3 Å². The van der Waals surface area contributed by atoms with Crippen molar-refractivity contribution in [3.8, 4) is 0 Å². The van der Waals surface area contributed by atoms with Crippen LogP contribution in [0, 0.1) is 5.82 Å². The van der Waals surface area contributed by atoms with E-state index in [1.165, 1.54) is 6.07 Å². The van der Waals surface area contributed by atoms with Crippen LogP contribution in [0.5, 0.6) is 0 Å². The fourth-order valence-electron chi connectivity index (χ4n) is 1.92. The van der Waals surface area contributed by atoms with Gasteiger partial charge in [0, 0.05) is 5.02 Å². The molecule has 0 amide bonds. The number of anilines is 1. The largest absolute Gasteiger partial charge is 0.464 e. The lowest BCUT2D eigenvalue weighted by Gasteiger charge is -2.19. The number of halogens is 2. The normalized spacial score (nSPS) is 11.8. The van der Waals surface area contributed by atoms with Crippen LogP contribution in [-0.4, -0.2) is 12.6 Å². The van der Waals surface area contributed by atoms with Crippen molar-refractivity contribution >= 4 is 23.3 Å². The Hall–Kier alpha value is -2.07. The molecule has 1 atom stereocenters. The Bertz CT molecular complexity index is 633. The van der Waals surface area contributed by atoms with E-state index in [-0.39, 0.29) is 12.3 Å². The summed E-state index contributed by atoms with van der Waals surface area (Å²) in [6.07, 6.45) is 0. The molecule has 110 valence electrons. The Morgan fingerprint density at radius 3 is 2.71 bits per heavy atom. The van der Waals surface area contributed by atoms with Gasteiger partial charge in [0.05, 0.1) is 12.3 Å². The molecule has 0 spiro atoms. The van der Waals surface area contributed by atoms with Crippen LogP contribution in [-0.2, 0) is 9.53 Å². The van der Waals surface area contributed by atoms with E-state index in [0.717, 1.165) is 0 Å². The highest BCUT2D eigenvalue weighted by molar-refractivity contribution is 6.30. The number of carbonyl (C=O) groups excluding carboxylic acids is 1. The minimum Gasteiger partial charge on any atom is -0.464 e. The molecule has 2 rings (SSSR count). The number of esters is 1. The van der Waals surface area contributed by atoms with Crippen molar-refractivity contribution in [2.24, 2.45) is 0 Å². The molecule has 0 aliphatic rings. The van der Waals surface area contributed by atoms with Crippen LogP contribution in [0.15, 0.2) is 48.5 Å². The highest BCUT2D eigenvalue weighted by Crippen LogP contribution is 2.25. The molecule has 0 bridgehead atoms. The molecule has 0 radical (unpaired) electrons. The third-order valence-electron chi connectivity index (χ3n) is 2.88. The predicted molar refractivity (Wildman–Crippen MR) is 80.8 cm³/mol. The van der Waals surface area contributed by atoms with Gasteiger partial charge in [0.1, 0.15) is 5.82 Å². The smallest absolute Gasteiger partial charge is 0.333 e. The van der Waals surface area contributed by atoms with Crippen LogP contribution in [0.1, 0.15) is 18.5 Å². The number of hydrogen-bond donors (Lipinski definition) is 1. The maximum absolute atomic E-state index is 13.8. The fourth-order valence-corrected chi connectivity index (χ4v) is 2.12. The molecule has 21 heavy (non-hydrogen) atoms. The van der Waals surface area contributed by atoms with E-state index in [0.29, 0.717) is 10.6 Å². The van der Waals surface area contributed by atoms with Crippen molar-refractivity contribution < 1.29 is 13.9 Å². The van der Waals surface area contributed by atoms with Gasteiger partial charge in [0.15, 0.2) is 6.04 Å². The van der Waals surface area contributed by atoms with E-state index >= 15 is 0 Å². The average Bonchev–Trinajstić information content (AvgIpc) is 2.46. The minimum absolute atomic E-state index is 0.232. The van der Waals surface area contributed by atoms with Gasteiger partial charge < -0.3 is 10.1 Å². The lowest BCUT2D eigenvalue weighted by atomic mass is 10.1. The lowest BCUT2D eigenvalue weighted by Crippen LogP contribution is -2.23. The van der Waals surface area contributed by atoms with Crippen molar-refractivity contribution in [1.82, 2.24) is 0 Å². The van der Waals surface area contributed by atoms with E-state index in [1.807, 2.05) is 0 Å². The Morgan fingerprint density at radius 2 is 2.05 bits per heavy atom. The van der Waals surface area contributed by atoms with Crippen molar-refractivity contribution in [1.29, 1.82) is 0 Å². The number of hydrogen-bond acceptors (Lipinski definition) is 3. The van der Waals surface area contributed by atoms with Gasteiger partial charge in [-0.05, 0) is 36.8 Å². The van der Waals surface area contributed by atoms with E-state index in [1.54, 1.807) is 49.4 Å². The first kappa shape index (κ1) is 15.3. The molecule has 0 aliphatic heterocycles. The molecule has 1 unspecified atom stereocenters. The molecule has 0 saturated heterocycles. The summed E-state index contributed by atoms with van der Waals surface area (Å²) < 4.78 is 18.8. The summed E-state index contributed by atoms with van der Waals surface area (Å²) in [5.74, 6) is -0.920. The van der Waals surface area contributed by atoms with E-state index in [9.17, 15) is 9.18 Å². The van der Waals surface area contributed by atoms with Gasteiger partial charge in [0.2, 0.25) is 0 Å². The average molecular weight is 308 g/mol. The van der Waals surface area contributed by atoms with Crippen molar-refractivity contribution in [3.05, 3.63) is 64.9 Å². The Morgan fingerprint density at radius 1 is 1.29 bits per heavy atom. The van der Waals surface area contributed by atoms with Crippen molar-refractivity contribution in [2.45, 2.75) is 13.0 Å². The Balaban J connectivity index is 2.33. The molecular formula is C16H15ClFNO2. The van der Waals surface area contributed by atoms with Gasteiger partial charge in [-0.3, -0.25) is 0 Å². The first-order valence-corrected chi connectivity index (χ1v) is 6.92. The molecule has 1 N–H and O–H groups in total. The quantitative estimate of drug-likeness (QED) is 0.842. The van der Waals surface area contributed by atoms with Gasteiger partial charge in [0.25, 0.3) is 0 Å². The summed E-state index contributed by atoms with van der Waals surface area (Å²) in [5.41, 5.74) is 0.847. The van der Waals surface area contributed by atoms with Gasteiger partial charge >= 0.3 is 5.97 Å². The zero-order chi connectivity index (χ0) is 15.2. The number of para-hydroxylation sites is 1. The maximum Gasteiger partial charge on any atom is 0.333 e. The van der Waals surface area contributed by atoms with Gasteiger partial charge in [-0.15, -0.1) is 0 Å². The van der Waals surface area contributed by atoms with Crippen molar-refractivity contribution in [2.75, 3.05) is 11.9 Å². The monoisotopic (exact) mass is 307 g/mol. The molecule has 3 nitrogen and oxygen atoms in total. The van der Waals surface area contributed by atoms with Gasteiger partial charge in [-0.25, -0.2) is 9.18 Å². The standard InChI is InChI=1S/C16H15ClFNO2/c1-2-21-16(20)15(11-6-5-7-12(17)10-11)19-14-9-4-3-8-13(14)18/h3-10,15,19H,2H2,1H3. The van der Waals surface area contributed by atoms with E-state index in [2.05, 4.69) is 5.32 Å². The zero-order valence-electron chi connectivity index (χ0n) is 11.5. The predicted octanol–water partition coefficient (Wildman–Crippen LogP) is 4.20. The molecule has 0 saturated carbocycles. The number of ether oxygens (including phenoxy) is 1. The molecule has 0 heterocycles. The summed E-state index contributed by atoms with van der Waals surface area (Å²) >= 11 is 5.95. The highest BCUT2D eigenvalue weighted by atomic mass is 35.5. The third kappa shape index (κ3) is 3.95. The van der Waals surface area contributed by atoms with Crippen molar-refractivity contribution in [3.63, 3.8) is 0 Å². The summed E-state index contributed by atoms with van der Waals surface area (Å²) in [5, 5.41) is 3.36. The first-order valence-electron chi connectivity index (χ1n) is 6.55. The van der Waals surface area contributed by atoms with E-state index in [4.69, 9.17) is 16.3 Å². The number of benzene rings is 2. The van der Waals surface area contributed by atoms with Crippen LogP contribution in [0.2, 0.25) is 5.02 Å². The molecule has 0 aromatic heterocycles. The van der Waals surface area contributed by atoms with Crippen LogP contribution in [0.3, 0.4) is 0 Å². The van der Waals surface area contributed by atoms with Crippen LogP contribution < -0.4 is 5.32 Å². The van der Waals surface area contributed by atoms with Gasteiger partial charge in [-0.1, -0.05) is 35.9 Å². The maximum atomic E-state index is 13.8.